The largest absolute Gasteiger partial charge is 0.354 e. The van der Waals surface area contributed by atoms with Crippen LogP contribution in [0.5, 0.6) is 0 Å². The zero-order valence-corrected chi connectivity index (χ0v) is 14.3. The van der Waals surface area contributed by atoms with Gasteiger partial charge in [0.15, 0.2) is 0 Å². The highest BCUT2D eigenvalue weighted by atomic mass is 32.2. The second kappa shape index (κ2) is 8.16. The lowest BCUT2D eigenvalue weighted by Crippen LogP contribution is -2.33. The first-order valence-corrected chi connectivity index (χ1v) is 8.65. The van der Waals surface area contributed by atoms with E-state index in [4.69, 9.17) is 4.74 Å². The molecule has 0 bridgehead atoms. The zero-order chi connectivity index (χ0) is 17.7. The predicted molar refractivity (Wildman–Crippen MR) is 89.4 cm³/mol. The molecular weight excluding hydrogens is 335 g/mol. The molecule has 1 aromatic heterocycles. The average Bonchev–Trinajstić information content (AvgIpc) is 2.56. The van der Waals surface area contributed by atoms with Crippen LogP contribution in [-0.2, 0) is 22.3 Å². The lowest BCUT2D eigenvalue weighted by Gasteiger charge is -2.15. The van der Waals surface area contributed by atoms with E-state index >= 15 is 0 Å². The third-order valence-electron chi connectivity index (χ3n) is 3.43. The Kier molecular flexibility index (Phi) is 6.22. The van der Waals surface area contributed by atoms with Gasteiger partial charge in [-0.15, -0.1) is 0 Å². The van der Waals surface area contributed by atoms with E-state index in [1.807, 2.05) is 19.1 Å². The summed E-state index contributed by atoms with van der Waals surface area (Å²) >= 11 is 0. The summed E-state index contributed by atoms with van der Waals surface area (Å²) in [6, 6.07) is 7.13. The summed E-state index contributed by atoms with van der Waals surface area (Å²) < 4.78 is 31.9. The third-order valence-corrected chi connectivity index (χ3v) is 4.90. The molecule has 0 aliphatic carbocycles. The van der Waals surface area contributed by atoms with Gasteiger partial charge in [-0.2, -0.15) is 0 Å². The number of halogens is 1. The molecule has 0 fully saturated rings. The van der Waals surface area contributed by atoms with Crippen LogP contribution in [0.3, 0.4) is 0 Å². The fourth-order valence-corrected chi connectivity index (χ4v) is 3.15. The van der Waals surface area contributed by atoms with Gasteiger partial charge in [-0.3, -0.25) is 18.6 Å². The first-order valence-electron chi connectivity index (χ1n) is 7.33. The van der Waals surface area contributed by atoms with Crippen molar-refractivity contribution in [2.24, 2.45) is 0 Å². The Morgan fingerprint density at radius 1 is 1.25 bits per heavy atom. The van der Waals surface area contributed by atoms with E-state index in [9.17, 15) is 18.2 Å². The molecule has 2 rings (SSSR count). The number of ether oxygens (including phenoxy) is 1. The minimum atomic E-state index is -1.40. The first-order chi connectivity index (χ1) is 11.4. The minimum absolute atomic E-state index is 0.0172. The molecule has 0 radical (unpaired) electrons. The molecule has 2 aromatic rings. The van der Waals surface area contributed by atoms with Gasteiger partial charge in [-0.05, 0) is 26.0 Å². The normalized spacial score (nSPS) is 13.6. The summed E-state index contributed by atoms with van der Waals surface area (Å²) in [5.41, 5.74) is 0.279. The Morgan fingerprint density at radius 3 is 2.54 bits per heavy atom. The van der Waals surface area contributed by atoms with E-state index < -0.39 is 34.8 Å². The molecule has 2 atom stereocenters. The smallest absolute Gasteiger partial charge is 0.330 e. The number of aromatic nitrogens is 2. The first kappa shape index (κ1) is 18.3. The maximum absolute atomic E-state index is 13.1. The van der Waals surface area contributed by atoms with Crippen LogP contribution < -0.4 is 11.2 Å². The molecule has 1 N–H and O–H groups in total. The van der Waals surface area contributed by atoms with Crippen LogP contribution in [-0.4, -0.2) is 32.3 Å². The van der Waals surface area contributed by atoms with Crippen molar-refractivity contribution >= 4 is 10.8 Å². The van der Waals surface area contributed by atoms with E-state index in [-0.39, 0.29) is 12.5 Å². The second-order valence-corrected chi connectivity index (χ2v) is 6.93. The molecule has 1 heterocycles. The Bertz CT molecular complexity index is 829. The zero-order valence-electron chi connectivity index (χ0n) is 13.5. The number of hydrogen-bond donors (Lipinski definition) is 1. The van der Waals surface area contributed by atoms with Crippen LogP contribution in [0.25, 0.3) is 0 Å². The molecule has 0 amide bonds. The lowest BCUT2D eigenvalue weighted by molar-refractivity contribution is 0.00476. The second-order valence-electron chi connectivity index (χ2n) is 5.44. The van der Waals surface area contributed by atoms with Crippen LogP contribution >= 0.6 is 0 Å². The number of nitrogens with zero attached hydrogens (tertiary/aromatic N) is 1. The van der Waals surface area contributed by atoms with Gasteiger partial charge < -0.3 is 4.74 Å². The molecule has 6 nitrogen and oxygen atoms in total. The van der Waals surface area contributed by atoms with Gasteiger partial charge in [0.05, 0.1) is 22.7 Å². The van der Waals surface area contributed by atoms with Crippen LogP contribution in [0.15, 0.2) is 44.9 Å². The number of alkyl halides is 1. The van der Waals surface area contributed by atoms with Crippen molar-refractivity contribution in [3.63, 3.8) is 0 Å². The molecule has 130 valence electrons. The number of benzene rings is 1. The van der Waals surface area contributed by atoms with E-state index in [2.05, 4.69) is 4.98 Å². The highest BCUT2D eigenvalue weighted by Crippen LogP contribution is 2.11. The molecular formula is C16H19FN2O4S. The summed E-state index contributed by atoms with van der Waals surface area (Å²) in [4.78, 5) is 25.7. The monoisotopic (exact) mass is 354 g/mol. The Morgan fingerprint density at radius 2 is 1.92 bits per heavy atom. The predicted octanol–water partition coefficient (Wildman–Crippen LogP) is 1.27. The lowest BCUT2D eigenvalue weighted by atomic mass is 10.2. The number of rotatable bonds is 7. The number of H-pyrrole nitrogens is 1. The summed E-state index contributed by atoms with van der Waals surface area (Å²) in [5, 5.41) is 0. The minimum Gasteiger partial charge on any atom is -0.354 e. The van der Waals surface area contributed by atoms with Gasteiger partial charge in [0.1, 0.15) is 13.4 Å². The van der Waals surface area contributed by atoms with E-state index in [1.165, 1.54) is 6.20 Å². The van der Waals surface area contributed by atoms with Gasteiger partial charge in [0, 0.05) is 16.7 Å². The molecule has 24 heavy (non-hydrogen) atoms. The highest BCUT2D eigenvalue weighted by molar-refractivity contribution is 7.85. The summed E-state index contributed by atoms with van der Waals surface area (Å²) in [6.45, 7) is 2.42. The van der Waals surface area contributed by atoms with Crippen LogP contribution in [0.4, 0.5) is 4.39 Å². The summed E-state index contributed by atoms with van der Waals surface area (Å²) in [7, 11) is -1.40. The summed E-state index contributed by atoms with van der Waals surface area (Å²) in [6.07, 6.45) is 0.430. The number of aryl methyl sites for hydroxylation is 2. The Hall–Kier alpha value is -2.06. The van der Waals surface area contributed by atoms with E-state index in [0.717, 1.165) is 10.1 Å². The quantitative estimate of drug-likeness (QED) is 0.812. The maximum Gasteiger partial charge on any atom is 0.330 e. The van der Waals surface area contributed by atoms with Gasteiger partial charge in [0.25, 0.3) is 5.56 Å². The van der Waals surface area contributed by atoms with Crippen molar-refractivity contribution in [1.82, 2.24) is 9.55 Å². The highest BCUT2D eigenvalue weighted by Gasteiger charge is 2.15. The topological polar surface area (TPSA) is 81.2 Å². The van der Waals surface area contributed by atoms with Crippen molar-refractivity contribution in [1.29, 1.82) is 0 Å². The molecule has 0 aliphatic rings. The molecule has 0 saturated carbocycles. The van der Waals surface area contributed by atoms with Gasteiger partial charge in [0.2, 0.25) is 0 Å². The third kappa shape index (κ3) is 4.72. The Labute approximate surface area is 140 Å². The van der Waals surface area contributed by atoms with E-state index in [0.29, 0.717) is 10.5 Å². The SMILES string of the molecule is Cc1ccc([S@](=O)C[C@H](CF)OCn2cc(C)c(=O)[nH]c2=O)cc1. The standard InChI is InChI=1S/C16H19FN2O4S/c1-11-3-5-14(6-4-11)24(22)9-13(7-17)23-10-19-8-12(2)15(20)18-16(19)21/h3-6,8,13H,7,9-10H2,1-2H3,(H,18,20,21)/t13-,24+/m0/s1. The molecule has 0 saturated heterocycles. The molecule has 1 aromatic carbocycles. The maximum atomic E-state index is 13.1. The van der Waals surface area contributed by atoms with Crippen LogP contribution in [0.2, 0.25) is 0 Å². The van der Waals surface area contributed by atoms with Crippen molar-refractivity contribution in [2.45, 2.75) is 31.6 Å². The van der Waals surface area contributed by atoms with Crippen molar-refractivity contribution in [2.75, 3.05) is 12.4 Å². The average molecular weight is 354 g/mol. The Balaban J connectivity index is 2.01. The molecule has 0 aliphatic heterocycles. The van der Waals surface area contributed by atoms with Crippen molar-refractivity contribution < 1.29 is 13.3 Å². The fraction of sp³-hybridized carbons (Fsp3) is 0.375. The summed E-state index contributed by atoms with van der Waals surface area (Å²) in [5.74, 6) is -0.0172. The molecule has 0 spiro atoms. The van der Waals surface area contributed by atoms with Gasteiger partial charge in [-0.25, -0.2) is 9.18 Å². The number of nitrogens with one attached hydrogen (secondary N) is 1. The van der Waals surface area contributed by atoms with Crippen LogP contribution in [0, 0.1) is 13.8 Å². The molecule has 0 unspecified atom stereocenters. The van der Waals surface area contributed by atoms with E-state index in [1.54, 1.807) is 19.1 Å². The number of hydrogen-bond acceptors (Lipinski definition) is 4. The van der Waals surface area contributed by atoms with Crippen molar-refractivity contribution in [3.8, 4) is 0 Å². The van der Waals surface area contributed by atoms with Gasteiger partial charge >= 0.3 is 5.69 Å². The fourth-order valence-electron chi connectivity index (χ4n) is 1.99. The number of aromatic amines is 1. The van der Waals surface area contributed by atoms with Crippen molar-refractivity contribution in [3.05, 3.63) is 62.4 Å². The molecule has 8 heteroatoms. The van der Waals surface area contributed by atoms with Crippen LogP contribution in [0.1, 0.15) is 11.1 Å². The van der Waals surface area contributed by atoms with Gasteiger partial charge in [-0.1, -0.05) is 17.7 Å².